The third kappa shape index (κ3) is 3.24. The molecule has 6 heteroatoms. The summed E-state index contributed by atoms with van der Waals surface area (Å²) < 4.78 is 0. The number of amides is 1. The fraction of sp³-hybridized carbons (Fsp3) is 0.294. The standard InChI is InChI=1S/C17H16ClN3O2/c1-2-16(23)21-17-19-9-12-14(20-17)7-10(8-15(12)22)11-5-3-4-6-13(11)18/h3-6,9-10H,2,7-8H2,1H3,(H,19,20,21,23). The van der Waals surface area contributed by atoms with E-state index in [-0.39, 0.29) is 23.6 Å². The molecule has 3 rings (SSSR count). The Kier molecular flexibility index (Phi) is 4.39. The van der Waals surface area contributed by atoms with Crippen LogP contribution >= 0.6 is 11.6 Å². The Morgan fingerprint density at radius 3 is 2.87 bits per heavy atom. The summed E-state index contributed by atoms with van der Waals surface area (Å²) in [7, 11) is 0. The monoisotopic (exact) mass is 329 g/mol. The molecule has 1 heterocycles. The topological polar surface area (TPSA) is 72.0 Å². The number of ketones is 1. The highest BCUT2D eigenvalue weighted by atomic mass is 35.5. The van der Waals surface area contributed by atoms with Crippen molar-refractivity contribution in [1.82, 2.24) is 9.97 Å². The predicted octanol–water partition coefficient (Wildman–Crippen LogP) is 3.39. The van der Waals surface area contributed by atoms with Gasteiger partial charge in [0.1, 0.15) is 0 Å². The van der Waals surface area contributed by atoms with Crippen LogP contribution in [0.25, 0.3) is 0 Å². The van der Waals surface area contributed by atoms with Crippen molar-refractivity contribution in [2.75, 3.05) is 5.32 Å². The Labute approximate surface area is 139 Å². The van der Waals surface area contributed by atoms with Gasteiger partial charge in [-0.1, -0.05) is 36.7 Å². The Morgan fingerprint density at radius 2 is 2.13 bits per heavy atom. The maximum absolute atomic E-state index is 12.4. The van der Waals surface area contributed by atoms with E-state index in [0.717, 1.165) is 5.56 Å². The predicted molar refractivity (Wildman–Crippen MR) is 87.8 cm³/mol. The second kappa shape index (κ2) is 6.46. The normalized spacial score (nSPS) is 16.8. The third-order valence-electron chi connectivity index (χ3n) is 3.96. The molecule has 1 atom stereocenters. The highest BCUT2D eigenvalue weighted by molar-refractivity contribution is 6.31. The van der Waals surface area contributed by atoms with Crippen LogP contribution in [0.4, 0.5) is 5.95 Å². The Balaban J connectivity index is 1.91. The minimum Gasteiger partial charge on any atom is -0.295 e. The summed E-state index contributed by atoms with van der Waals surface area (Å²) >= 11 is 6.25. The van der Waals surface area contributed by atoms with Gasteiger partial charge in [-0.25, -0.2) is 9.97 Å². The molecule has 0 radical (unpaired) electrons. The molecule has 0 bridgehead atoms. The number of benzene rings is 1. The Hall–Kier alpha value is -2.27. The zero-order valence-corrected chi connectivity index (χ0v) is 13.4. The number of rotatable bonds is 3. The molecule has 1 amide bonds. The van der Waals surface area contributed by atoms with E-state index in [1.807, 2.05) is 24.3 Å². The molecule has 1 aromatic carbocycles. The van der Waals surface area contributed by atoms with E-state index in [9.17, 15) is 9.59 Å². The quantitative estimate of drug-likeness (QED) is 0.936. The van der Waals surface area contributed by atoms with E-state index in [4.69, 9.17) is 11.6 Å². The van der Waals surface area contributed by atoms with Gasteiger partial charge in [-0.15, -0.1) is 0 Å². The molecule has 1 aliphatic rings. The molecule has 2 aromatic rings. The highest BCUT2D eigenvalue weighted by Gasteiger charge is 2.29. The van der Waals surface area contributed by atoms with E-state index in [0.29, 0.717) is 35.5 Å². The zero-order chi connectivity index (χ0) is 16.4. The van der Waals surface area contributed by atoms with Crippen LogP contribution in [0.15, 0.2) is 30.5 Å². The molecule has 0 saturated heterocycles. The zero-order valence-electron chi connectivity index (χ0n) is 12.7. The molecule has 1 N–H and O–H groups in total. The van der Waals surface area contributed by atoms with Gasteiger partial charge < -0.3 is 0 Å². The van der Waals surface area contributed by atoms with Crippen molar-refractivity contribution in [1.29, 1.82) is 0 Å². The van der Waals surface area contributed by atoms with Gasteiger partial charge in [-0.05, 0) is 24.0 Å². The molecular formula is C17H16ClN3O2. The van der Waals surface area contributed by atoms with Crippen molar-refractivity contribution < 1.29 is 9.59 Å². The molecule has 0 saturated carbocycles. The molecule has 0 spiro atoms. The van der Waals surface area contributed by atoms with Crippen LogP contribution in [0.1, 0.15) is 47.3 Å². The average Bonchev–Trinajstić information content (AvgIpc) is 2.54. The lowest BCUT2D eigenvalue weighted by atomic mass is 9.82. The summed E-state index contributed by atoms with van der Waals surface area (Å²) in [5.41, 5.74) is 2.14. The van der Waals surface area contributed by atoms with Crippen molar-refractivity contribution in [2.45, 2.75) is 32.1 Å². The van der Waals surface area contributed by atoms with Crippen LogP contribution in [0.3, 0.4) is 0 Å². The van der Waals surface area contributed by atoms with E-state index in [2.05, 4.69) is 15.3 Å². The summed E-state index contributed by atoms with van der Waals surface area (Å²) in [4.78, 5) is 32.2. The SMILES string of the molecule is CCC(=O)Nc1ncc2c(n1)CC(c1ccccc1Cl)CC2=O. The van der Waals surface area contributed by atoms with E-state index in [1.165, 1.54) is 6.20 Å². The first-order chi connectivity index (χ1) is 11.1. The molecule has 1 aliphatic carbocycles. The molecular weight excluding hydrogens is 314 g/mol. The number of fused-ring (bicyclic) bond motifs is 1. The first kappa shape index (κ1) is 15.6. The number of nitrogens with one attached hydrogen (secondary N) is 1. The smallest absolute Gasteiger partial charge is 0.229 e. The largest absolute Gasteiger partial charge is 0.295 e. The van der Waals surface area contributed by atoms with Crippen LogP contribution in [-0.2, 0) is 11.2 Å². The molecule has 1 unspecified atom stereocenters. The number of halogens is 1. The van der Waals surface area contributed by atoms with Crippen molar-refractivity contribution >= 4 is 29.2 Å². The minimum absolute atomic E-state index is 0.00420. The number of carbonyl (C=O) groups excluding carboxylic acids is 2. The fourth-order valence-electron chi connectivity index (χ4n) is 2.74. The first-order valence-electron chi connectivity index (χ1n) is 7.52. The molecule has 5 nitrogen and oxygen atoms in total. The molecule has 118 valence electrons. The number of aromatic nitrogens is 2. The summed E-state index contributed by atoms with van der Waals surface area (Å²) in [6.45, 7) is 1.75. The lowest BCUT2D eigenvalue weighted by Gasteiger charge is -2.24. The molecule has 1 aromatic heterocycles. The van der Waals surface area contributed by atoms with Crippen molar-refractivity contribution in [3.63, 3.8) is 0 Å². The number of hydrogen-bond acceptors (Lipinski definition) is 4. The van der Waals surface area contributed by atoms with E-state index >= 15 is 0 Å². The highest BCUT2D eigenvalue weighted by Crippen LogP contribution is 2.35. The maximum atomic E-state index is 12.4. The second-order valence-corrected chi connectivity index (χ2v) is 5.91. The number of hydrogen-bond donors (Lipinski definition) is 1. The van der Waals surface area contributed by atoms with Crippen LogP contribution in [0.5, 0.6) is 0 Å². The van der Waals surface area contributed by atoms with Gasteiger partial charge in [0.25, 0.3) is 0 Å². The Morgan fingerprint density at radius 1 is 1.35 bits per heavy atom. The van der Waals surface area contributed by atoms with E-state index < -0.39 is 0 Å². The summed E-state index contributed by atoms with van der Waals surface area (Å²) in [5.74, 6) is 0.0795. The Bertz CT molecular complexity index is 776. The van der Waals surface area contributed by atoms with Crippen LogP contribution < -0.4 is 5.32 Å². The number of nitrogens with zero attached hydrogens (tertiary/aromatic N) is 2. The first-order valence-corrected chi connectivity index (χ1v) is 7.89. The number of anilines is 1. The third-order valence-corrected chi connectivity index (χ3v) is 4.30. The summed E-state index contributed by atoms with van der Waals surface area (Å²) in [6.07, 6.45) is 2.84. The van der Waals surface area contributed by atoms with Gasteiger partial charge in [0.15, 0.2) is 5.78 Å². The number of Topliss-reactive ketones (excluding diaryl/α,β-unsaturated/α-hetero) is 1. The van der Waals surface area contributed by atoms with Gasteiger partial charge >= 0.3 is 0 Å². The van der Waals surface area contributed by atoms with Crippen molar-refractivity contribution in [2.24, 2.45) is 0 Å². The van der Waals surface area contributed by atoms with Crippen molar-refractivity contribution in [3.8, 4) is 0 Å². The lowest BCUT2D eigenvalue weighted by molar-refractivity contribution is -0.115. The van der Waals surface area contributed by atoms with Crippen LogP contribution in [-0.4, -0.2) is 21.7 Å². The second-order valence-electron chi connectivity index (χ2n) is 5.51. The van der Waals surface area contributed by atoms with Crippen LogP contribution in [0, 0.1) is 0 Å². The maximum Gasteiger partial charge on any atom is 0.229 e. The van der Waals surface area contributed by atoms with Gasteiger partial charge in [-0.3, -0.25) is 14.9 Å². The van der Waals surface area contributed by atoms with Gasteiger partial charge in [-0.2, -0.15) is 0 Å². The average molecular weight is 330 g/mol. The summed E-state index contributed by atoms with van der Waals surface area (Å²) in [6, 6.07) is 7.54. The lowest BCUT2D eigenvalue weighted by Crippen LogP contribution is -2.22. The minimum atomic E-state index is -0.158. The molecule has 0 aliphatic heterocycles. The molecule has 0 fully saturated rings. The number of carbonyl (C=O) groups is 2. The van der Waals surface area contributed by atoms with E-state index in [1.54, 1.807) is 6.92 Å². The van der Waals surface area contributed by atoms with Crippen LogP contribution in [0.2, 0.25) is 5.02 Å². The van der Waals surface area contributed by atoms with Gasteiger partial charge in [0.2, 0.25) is 11.9 Å². The molecule has 23 heavy (non-hydrogen) atoms. The van der Waals surface area contributed by atoms with Crippen molar-refractivity contribution in [3.05, 3.63) is 52.3 Å². The van der Waals surface area contributed by atoms with Gasteiger partial charge in [0.05, 0.1) is 11.3 Å². The van der Waals surface area contributed by atoms with Gasteiger partial charge in [0, 0.05) is 24.1 Å². The summed E-state index contributed by atoms with van der Waals surface area (Å²) in [5, 5.41) is 3.28. The fourth-order valence-corrected chi connectivity index (χ4v) is 3.03.